The van der Waals surface area contributed by atoms with Crippen LogP contribution in [0, 0.1) is 6.92 Å². The summed E-state index contributed by atoms with van der Waals surface area (Å²) >= 11 is 0. The fraction of sp³-hybridized carbons (Fsp3) is 0.368. The molecular weight excluding hydrogens is 300 g/mol. The first-order valence-electron chi connectivity index (χ1n) is 8.48. The average molecular weight is 321 g/mol. The summed E-state index contributed by atoms with van der Waals surface area (Å²) < 4.78 is 0. The number of nitrogens with zero attached hydrogens (tertiary/aromatic N) is 3. The summed E-state index contributed by atoms with van der Waals surface area (Å²) in [5.41, 5.74) is 4.92. The van der Waals surface area contributed by atoms with Gasteiger partial charge in [-0.15, -0.1) is 0 Å². The molecule has 0 fully saturated rings. The molecule has 2 aliphatic rings. The van der Waals surface area contributed by atoms with E-state index in [2.05, 4.69) is 46.5 Å². The number of rotatable bonds is 3. The molecular formula is C19H21N4O. The second kappa shape index (κ2) is 6.23. The number of carbonyl (C=O) groups excluding carboxylic acids is 1. The minimum Gasteiger partial charge on any atom is -0.351 e. The molecule has 1 amide bonds. The average Bonchev–Trinajstić information content (AvgIpc) is 3.02. The molecule has 24 heavy (non-hydrogen) atoms. The Hall–Kier alpha value is -2.43. The van der Waals surface area contributed by atoms with Gasteiger partial charge in [-0.05, 0) is 30.9 Å². The second-order valence-corrected chi connectivity index (χ2v) is 6.50. The summed E-state index contributed by atoms with van der Waals surface area (Å²) in [4.78, 5) is 22.8. The van der Waals surface area contributed by atoms with Crippen molar-refractivity contribution in [3.8, 4) is 0 Å². The molecule has 0 saturated heterocycles. The highest BCUT2D eigenvalue weighted by atomic mass is 16.2. The zero-order valence-corrected chi connectivity index (χ0v) is 13.7. The van der Waals surface area contributed by atoms with Gasteiger partial charge in [0, 0.05) is 43.7 Å². The first-order chi connectivity index (χ1) is 11.7. The number of benzene rings is 1. The van der Waals surface area contributed by atoms with Crippen molar-refractivity contribution in [2.24, 2.45) is 0 Å². The van der Waals surface area contributed by atoms with Crippen molar-refractivity contribution in [3.05, 3.63) is 59.8 Å². The molecule has 5 nitrogen and oxygen atoms in total. The lowest BCUT2D eigenvalue weighted by Crippen LogP contribution is -2.36. The highest BCUT2D eigenvalue weighted by molar-refractivity contribution is 5.76. The predicted molar refractivity (Wildman–Crippen MR) is 92.4 cm³/mol. The van der Waals surface area contributed by atoms with E-state index in [0.29, 0.717) is 31.5 Å². The maximum atomic E-state index is 11.8. The van der Waals surface area contributed by atoms with Gasteiger partial charge in [-0.1, -0.05) is 24.3 Å². The van der Waals surface area contributed by atoms with Gasteiger partial charge in [-0.2, -0.15) is 0 Å². The highest BCUT2D eigenvalue weighted by Gasteiger charge is 2.24. The van der Waals surface area contributed by atoms with Crippen LogP contribution in [0.2, 0.25) is 0 Å². The van der Waals surface area contributed by atoms with Crippen LogP contribution in [0.5, 0.6) is 0 Å². The third kappa shape index (κ3) is 2.86. The van der Waals surface area contributed by atoms with E-state index in [1.54, 1.807) is 0 Å². The van der Waals surface area contributed by atoms with Crippen LogP contribution in [-0.4, -0.2) is 33.4 Å². The van der Waals surface area contributed by atoms with E-state index in [9.17, 15) is 4.79 Å². The molecule has 5 heteroatoms. The molecule has 1 N–H and O–H groups in total. The minimum atomic E-state index is 0.0894. The maximum absolute atomic E-state index is 11.8. The molecule has 1 radical (unpaired) electrons. The van der Waals surface area contributed by atoms with Gasteiger partial charge in [0.2, 0.25) is 11.9 Å². The van der Waals surface area contributed by atoms with Gasteiger partial charge in [-0.3, -0.25) is 4.79 Å². The third-order valence-electron chi connectivity index (χ3n) is 4.88. The Bertz CT molecular complexity index is 749. The van der Waals surface area contributed by atoms with Gasteiger partial charge >= 0.3 is 0 Å². The monoisotopic (exact) mass is 321 g/mol. The Kier molecular flexibility index (Phi) is 3.92. The number of anilines is 1. The Labute approximate surface area is 142 Å². The summed E-state index contributed by atoms with van der Waals surface area (Å²) in [7, 11) is 0. The summed E-state index contributed by atoms with van der Waals surface area (Å²) in [5.74, 6) is 0.787. The lowest BCUT2D eigenvalue weighted by atomic mass is 10.1. The van der Waals surface area contributed by atoms with E-state index in [4.69, 9.17) is 0 Å². The predicted octanol–water partition coefficient (Wildman–Crippen LogP) is 2.16. The molecule has 0 bridgehead atoms. The SMILES string of the molecule is [CH2]CC(=O)N1CCc2nc(NC3Cc4ccccc4C3)ncc2C1. The van der Waals surface area contributed by atoms with Crippen LogP contribution in [0.15, 0.2) is 30.5 Å². The zero-order chi connectivity index (χ0) is 16.5. The fourth-order valence-electron chi connectivity index (χ4n) is 3.60. The van der Waals surface area contributed by atoms with E-state index >= 15 is 0 Å². The topological polar surface area (TPSA) is 58.1 Å². The van der Waals surface area contributed by atoms with Crippen molar-refractivity contribution in [1.82, 2.24) is 14.9 Å². The molecule has 2 heterocycles. The fourth-order valence-corrected chi connectivity index (χ4v) is 3.60. The van der Waals surface area contributed by atoms with Crippen LogP contribution >= 0.6 is 0 Å². The standard InChI is InChI=1S/C19H21N4O/c1-2-18(24)23-8-7-17-15(12-23)11-20-19(22-17)21-16-9-13-5-3-4-6-14(13)10-16/h3-6,11,16H,1-2,7-10,12H2,(H,20,21,22). The summed E-state index contributed by atoms with van der Waals surface area (Å²) in [6.45, 7) is 4.98. The first kappa shape index (κ1) is 15.1. The van der Waals surface area contributed by atoms with Crippen LogP contribution in [0.3, 0.4) is 0 Å². The Morgan fingerprint density at radius 3 is 2.71 bits per heavy atom. The van der Waals surface area contributed by atoms with Crippen molar-refractivity contribution in [2.75, 3.05) is 11.9 Å². The van der Waals surface area contributed by atoms with Gasteiger partial charge in [-0.25, -0.2) is 9.97 Å². The quantitative estimate of drug-likeness (QED) is 0.941. The number of amides is 1. The van der Waals surface area contributed by atoms with Gasteiger partial charge in [0.05, 0.1) is 5.69 Å². The van der Waals surface area contributed by atoms with E-state index < -0.39 is 0 Å². The number of nitrogens with one attached hydrogen (secondary N) is 1. The minimum absolute atomic E-state index is 0.0894. The molecule has 1 aliphatic carbocycles. The van der Waals surface area contributed by atoms with Crippen molar-refractivity contribution < 1.29 is 4.79 Å². The normalized spacial score (nSPS) is 16.6. The molecule has 0 atom stereocenters. The van der Waals surface area contributed by atoms with Crippen molar-refractivity contribution in [3.63, 3.8) is 0 Å². The lowest BCUT2D eigenvalue weighted by molar-refractivity contribution is -0.131. The summed E-state index contributed by atoms with van der Waals surface area (Å²) in [5, 5.41) is 3.47. The van der Waals surface area contributed by atoms with E-state index in [1.165, 1.54) is 11.1 Å². The highest BCUT2D eigenvalue weighted by Crippen LogP contribution is 2.24. The lowest BCUT2D eigenvalue weighted by Gasteiger charge is -2.28. The zero-order valence-electron chi connectivity index (χ0n) is 13.7. The van der Waals surface area contributed by atoms with Crippen LogP contribution in [0.4, 0.5) is 5.95 Å². The van der Waals surface area contributed by atoms with Crippen LogP contribution in [0.1, 0.15) is 28.8 Å². The third-order valence-corrected chi connectivity index (χ3v) is 4.88. The number of hydrogen-bond donors (Lipinski definition) is 1. The summed E-state index contributed by atoms with van der Waals surface area (Å²) in [6.07, 6.45) is 4.97. The van der Waals surface area contributed by atoms with Crippen molar-refractivity contribution in [1.29, 1.82) is 0 Å². The molecule has 0 unspecified atom stereocenters. The molecule has 123 valence electrons. The molecule has 1 aromatic heterocycles. The van der Waals surface area contributed by atoms with Gasteiger partial charge in [0.15, 0.2) is 0 Å². The number of hydrogen-bond acceptors (Lipinski definition) is 4. The molecule has 0 spiro atoms. The van der Waals surface area contributed by atoms with Crippen LogP contribution < -0.4 is 5.32 Å². The Balaban J connectivity index is 1.45. The molecule has 0 saturated carbocycles. The van der Waals surface area contributed by atoms with Gasteiger partial charge < -0.3 is 10.2 Å². The van der Waals surface area contributed by atoms with Crippen LogP contribution in [0.25, 0.3) is 0 Å². The van der Waals surface area contributed by atoms with Crippen molar-refractivity contribution in [2.45, 2.75) is 38.3 Å². The number of carbonyl (C=O) groups is 1. The summed E-state index contributed by atoms with van der Waals surface area (Å²) in [6, 6.07) is 8.93. The maximum Gasteiger partial charge on any atom is 0.223 e. The molecule has 2 aromatic rings. The first-order valence-corrected chi connectivity index (χ1v) is 8.48. The van der Waals surface area contributed by atoms with E-state index in [1.807, 2.05) is 11.1 Å². The van der Waals surface area contributed by atoms with E-state index in [0.717, 1.165) is 30.5 Å². The van der Waals surface area contributed by atoms with Crippen LogP contribution in [-0.2, 0) is 30.6 Å². The van der Waals surface area contributed by atoms with E-state index in [-0.39, 0.29) is 5.91 Å². The molecule has 4 rings (SSSR count). The second-order valence-electron chi connectivity index (χ2n) is 6.50. The Morgan fingerprint density at radius 1 is 1.25 bits per heavy atom. The largest absolute Gasteiger partial charge is 0.351 e. The van der Waals surface area contributed by atoms with Gasteiger partial charge in [0.1, 0.15) is 0 Å². The number of fused-ring (bicyclic) bond motifs is 2. The van der Waals surface area contributed by atoms with Gasteiger partial charge in [0.25, 0.3) is 0 Å². The van der Waals surface area contributed by atoms with Crippen molar-refractivity contribution >= 4 is 11.9 Å². The Morgan fingerprint density at radius 2 is 2.00 bits per heavy atom. The number of aromatic nitrogens is 2. The smallest absolute Gasteiger partial charge is 0.223 e. The molecule has 1 aliphatic heterocycles. The molecule has 1 aromatic carbocycles.